The Balaban J connectivity index is 0.00000115. The summed E-state index contributed by atoms with van der Waals surface area (Å²) in [6.45, 7) is 9.70. The van der Waals surface area contributed by atoms with Crippen molar-refractivity contribution >= 4 is 47.2 Å². The Morgan fingerprint density at radius 2 is 1.70 bits per heavy atom. The molecule has 0 saturated heterocycles. The number of ether oxygens (including phenoxy) is 1. The summed E-state index contributed by atoms with van der Waals surface area (Å²) < 4.78 is 5.42. The summed E-state index contributed by atoms with van der Waals surface area (Å²) in [5.74, 6) is 0.404. The zero-order valence-corrected chi connectivity index (χ0v) is 21.5. The van der Waals surface area contributed by atoms with E-state index in [1.165, 1.54) is 4.90 Å². The van der Waals surface area contributed by atoms with Gasteiger partial charge >= 0.3 is 0 Å². The first-order chi connectivity index (χ1) is 18.0. The highest BCUT2D eigenvalue weighted by molar-refractivity contribution is 7.14. The number of carbonyl (C=O) groups is 3. The van der Waals surface area contributed by atoms with Gasteiger partial charge in [-0.15, -0.1) is 11.3 Å². The Morgan fingerprint density at radius 1 is 1.00 bits per heavy atom. The van der Waals surface area contributed by atoms with Gasteiger partial charge in [-0.3, -0.25) is 9.69 Å². The summed E-state index contributed by atoms with van der Waals surface area (Å²) in [6, 6.07) is 20.9. The average Bonchev–Trinajstić information content (AvgIpc) is 3.45. The van der Waals surface area contributed by atoms with Crippen LogP contribution in [0.25, 0.3) is 11.1 Å². The molecular weight excluding hydrogens is 488 g/mol. The number of hydrogen-bond donors (Lipinski definition) is 2. The molecule has 0 aliphatic heterocycles. The number of carbonyl (C=O) groups excluding carboxylic acids is 3. The molecule has 8 nitrogen and oxygen atoms in total. The third-order valence-electron chi connectivity index (χ3n) is 5.13. The van der Waals surface area contributed by atoms with Crippen LogP contribution >= 0.6 is 11.3 Å². The van der Waals surface area contributed by atoms with Gasteiger partial charge < -0.3 is 25.4 Å². The van der Waals surface area contributed by atoms with Gasteiger partial charge in [-0.25, -0.2) is 4.98 Å². The molecule has 190 valence electrons. The highest BCUT2D eigenvalue weighted by atomic mass is 32.1. The van der Waals surface area contributed by atoms with Crippen molar-refractivity contribution < 1.29 is 19.1 Å². The number of aromatic nitrogens is 1. The zero-order chi connectivity index (χ0) is 27.4. The number of para-hydroxylation sites is 1. The van der Waals surface area contributed by atoms with Gasteiger partial charge in [0.1, 0.15) is 25.1 Å². The molecule has 1 amide bonds. The molecule has 0 bridgehead atoms. The van der Waals surface area contributed by atoms with Crippen LogP contribution in [0.2, 0.25) is 0 Å². The van der Waals surface area contributed by atoms with Crippen LogP contribution in [-0.2, 0) is 9.59 Å². The predicted molar refractivity (Wildman–Crippen MR) is 149 cm³/mol. The minimum atomic E-state index is -0.244. The van der Waals surface area contributed by atoms with Crippen molar-refractivity contribution in [2.24, 2.45) is 5.73 Å². The van der Waals surface area contributed by atoms with Crippen molar-refractivity contribution in [1.29, 1.82) is 0 Å². The second-order valence-electron chi connectivity index (χ2n) is 7.38. The van der Waals surface area contributed by atoms with Crippen LogP contribution in [0.1, 0.15) is 15.9 Å². The number of nitrogens with two attached hydrogens (primary N) is 1. The monoisotopic (exact) mass is 516 g/mol. The molecule has 0 saturated carbocycles. The molecule has 37 heavy (non-hydrogen) atoms. The van der Waals surface area contributed by atoms with Crippen LogP contribution < -0.4 is 20.7 Å². The van der Waals surface area contributed by atoms with Crippen molar-refractivity contribution in [2.75, 3.05) is 17.3 Å². The lowest BCUT2D eigenvalue weighted by atomic mass is 9.99. The van der Waals surface area contributed by atoms with Crippen LogP contribution in [0.5, 0.6) is 5.88 Å². The molecule has 2 heterocycles. The Hall–Kier alpha value is -4.76. The Kier molecular flexibility index (Phi) is 10.7. The summed E-state index contributed by atoms with van der Waals surface area (Å²) in [6.07, 6.45) is 1.73. The molecule has 0 aliphatic carbocycles. The number of benzene rings is 2. The molecule has 9 heteroatoms. The molecule has 0 unspecified atom stereocenters. The quantitative estimate of drug-likeness (QED) is 0.330. The van der Waals surface area contributed by atoms with Gasteiger partial charge in [0.15, 0.2) is 0 Å². The van der Waals surface area contributed by atoms with Gasteiger partial charge in [0.25, 0.3) is 5.91 Å². The maximum Gasteiger partial charge on any atom is 0.264 e. The lowest BCUT2D eigenvalue weighted by Gasteiger charge is -2.23. The van der Waals surface area contributed by atoms with E-state index in [9.17, 15) is 4.79 Å². The van der Waals surface area contributed by atoms with Gasteiger partial charge in [0.05, 0.1) is 17.8 Å². The minimum absolute atomic E-state index is 0.157. The van der Waals surface area contributed by atoms with Crippen molar-refractivity contribution in [3.8, 4) is 17.0 Å². The number of aryl methyl sites for hydroxylation is 1. The van der Waals surface area contributed by atoms with Crippen LogP contribution in [-0.4, -0.2) is 31.6 Å². The Bertz CT molecular complexity index is 1330. The topological polar surface area (TPSA) is 115 Å². The molecule has 3 N–H and O–H groups in total. The number of anilines is 3. The summed E-state index contributed by atoms with van der Waals surface area (Å²) in [5, 5.41) is 6.32. The van der Waals surface area contributed by atoms with E-state index in [0.29, 0.717) is 17.1 Å². The standard InChI is InChI=1S/C26H24N4O2S.2CH2O/c1-17-11-12-19(14-22(17)26(31)30(18(2)27)21-8-5-4-6-9-21)20-15-23(25(32-3)28-16-20)29-24-10-7-13-33-24;2*1-2/h4-16,29H,2,27H2,1,3H3;2*1H2. The lowest BCUT2D eigenvalue weighted by molar-refractivity contribution is -0.0987. The molecule has 2 aromatic carbocycles. The summed E-state index contributed by atoms with van der Waals surface area (Å²) in [7, 11) is 1.59. The van der Waals surface area contributed by atoms with E-state index in [4.69, 9.17) is 20.1 Å². The summed E-state index contributed by atoms with van der Waals surface area (Å²) in [5.41, 5.74) is 10.5. The predicted octanol–water partition coefficient (Wildman–Crippen LogP) is 5.58. The van der Waals surface area contributed by atoms with Crippen molar-refractivity contribution in [3.63, 3.8) is 0 Å². The van der Waals surface area contributed by atoms with Gasteiger partial charge in [0.2, 0.25) is 5.88 Å². The molecule has 0 radical (unpaired) electrons. The van der Waals surface area contributed by atoms with Crippen molar-refractivity contribution in [1.82, 2.24) is 4.98 Å². The molecule has 4 aromatic rings. The largest absolute Gasteiger partial charge is 0.480 e. The second-order valence-corrected chi connectivity index (χ2v) is 8.33. The summed E-state index contributed by atoms with van der Waals surface area (Å²) in [4.78, 5) is 35.4. The third kappa shape index (κ3) is 6.89. The molecule has 0 aliphatic rings. The Morgan fingerprint density at radius 3 is 2.30 bits per heavy atom. The fraction of sp³-hybridized carbons (Fsp3) is 0.0714. The zero-order valence-electron chi connectivity index (χ0n) is 20.6. The number of pyridine rings is 1. The molecule has 0 fully saturated rings. The van der Waals surface area contributed by atoms with E-state index in [2.05, 4.69) is 16.9 Å². The molecule has 2 aromatic heterocycles. The van der Waals surface area contributed by atoms with Crippen LogP contribution in [0.3, 0.4) is 0 Å². The third-order valence-corrected chi connectivity index (χ3v) is 5.91. The van der Waals surface area contributed by atoms with E-state index in [-0.39, 0.29) is 11.7 Å². The first-order valence-corrected chi connectivity index (χ1v) is 11.7. The number of methoxy groups -OCH3 is 1. The van der Waals surface area contributed by atoms with Gasteiger partial charge in [-0.2, -0.15) is 0 Å². The maximum atomic E-state index is 13.5. The smallest absolute Gasteiger partial charge is 0.264 e. The number of hydrogen-bond acceptors (Lipinski definition) is 8. The molecule has 4 rings (SSSR count). The van der Waals surface area contributed by atoms with Gasteiger partial charge in [-0.05, 0) is 59.8 Å². The normalized spacial score (nSPS) is 9.57. The lowest BCUT2D eigenvalue weighted by Crippen LogP contribution is -2.33. The van der Waals surface area contributed by atoms with E-state index >= 15 is 0 Å². The number of rotatable bonds is 7. The van der Waals surface area contributed by atoms with Crippen LogP contribution in [0.4, 0.5) is 16.4 Å². The van der Waals surface area contributed by atoms with Gasteiger partial charge in [0, 0.05) is 17.3 Å². The highest BCUT2D eigenvalue weighted by Crippen LogP contribution is 2.33. The number of thiophene rings is 1. The molecular formula is C28H28N4O4S. The number of nitrogens with zero attached hydrogens (tertiary/aromatic N) is 2. The molecule has 0 spiro atoms. The van der Waals surface area contributed by atoms with Gasteiger partial charge in [-0.1, -0.05) is 36.9 Å². The first-order valence-electron chi connectivity index (χ1n) is 10.8. The Labute approximate surface area is 220 Å². The van der Waals surface area contributed by atoms with Crippen molar-refractivity contribution in [3.05, 3.63) is 102 Å². The maximum absolute atomic E-state index is 13.5. The number of amides is 1. The van der Waals surface area contributed by atoms with E-state index in [1.54, 1.807) is 24.6 Å². The summed E-state index contributed by atoms with van der Waals surface area (Å²) >= 11 is 1.59. The van der Waals surface area contributed by atoms with Crippen LogP contribution in [0, 0.1) is 6.92 Å². The minimum Gasteiger partial charge on any atom is -0.480 e. The highest BCUT2D eigenvalue weighted by Gasteiger charge is 2.21. The van der Waals surface area contributed by atoms with E-state index < -0.39 is 0 Å². The van der Waals surface area contributed by atoms with E-state index in [0.717, 1.165) is 27.4 Å². The van der Waals surface area contributed by atoms with Crippen LogP contribution in [0.15, 0.2) is 90.7 Å². The SMILES string of the molecule is C=C(N)N(C(=O)c1cc(-c2cnc(OC)c(Nc3cccs3)c2)ccc1C)c1ccccc1.C=O.C=O. The first kappa shape index (κ1) is 28.5. The molecule has 0 atom stereocenters. The fourth-order valence-corrected chi connectivity index (χ4v) is 4.12. The number of nitrogens with one attached hydrogen (secondary N) is 1. The average molecular weight is 517 g/mol. The second kappa shape index (κ2) is 14.0. The van der Waals surface area contributed by atoms with Crippen molar-refractivity contribution in [2.45, 2.75) is 6.92 Å². The van der Waals surface area contributed by atoms with E-state index in [1.807, 2.05) is 92.6 Å². The fourth-order valence-electron chi connectivity index (χ4n) is 3.49.